The second kappa shape index (κ2) is 3.89. The van der Waals surface area contributed by atoms with Gasteiger partial charge in [-0.2, -0.15) is 5.10 Å². The van der Waals surface area contributed by atoms with Gasteiger partial charge < -0.3 is 10.8 Å². The van der Waals surface area contributed by atoms with E-state index in [-0.39, 0.29) is 11.8 Å². The number of phenols is 1. The third-order valence-electron chi connectivity index (χ3n) is 3.32. The minimum absolute atomic E-state index is 0.115. The maximum Gasteiger partial charge on any atom is 0.115 e. The summed E-state index contributed by atoms with van der Waals surface area (Å²) in [6, 6.07) is 7.19. The summed E-state index contributed by atoms with van der Waals surface area (Å²) in [6.45, 7) is 0. The molecule has 0 spiro atoms. The predicted molar refractivity (Wildman–Crippen MR) is 65.1 cm³/mol. The van der Waals surface area contributed by atoms with Gasteiger partial charge >= 0.3 is 0 Å². The lowest BCUT2D eigenvalue weighted by Crippen LogP contribution is -2.17. The van der Waals surface area contributed by atoms with E-state index in [1.54, 1.807) is 12.1 Å². The molecule has 1 atom stereocenters. The van der Waals surface area contributed by atoms with Crippen molar-refractivity contribution in [2.75, 3.05) is 0 Å². The monoisotopic (exact) mass is 229 g/mol. The summed E-state index contributed by atoms with van der Waals surface area (Å²) < 4.78 is 1.92. The summed E-state index contributed by atoms with van der Waals surface area (Å²) in [6.07, 6.45) is 5.03. The molecule has 1 aliphatic rings. The van der Waals surface area contributed by atoms with Crippen molar-refractivity contribution in [2.45, 2.75) is 25.3 Å². The van der Waals surface area contributed by atoms with Crippen LogP contribution in [-0.2, 0) is 6.42 Å². The summed E-state index contributed by atoms with van der Waals surface area (Å²) in [5.74, 6) is 0.270. The molecule has 4 heteroatoms. The van der Waals surface area contributed by atoms with E-state index in [4.69, 9.17) is 5.73 Å². The Balaban J connectivity index is 2.07. The smallest absolute Gasteiger partial charge is 0.115 e. The fraction of sp³-hybridized carbons (Fsp3) is 0.308. The van der Waals surface area contributed by atoms with E-state index >= 15 is 0 Å². The van der Waals surface area contributed by atoms with Crippen molar-refractivity contribution >= 4 is 0 Å². The van der Waals surface area contributed by atoms with Crippen LogP contribution in [0.4, 0.5) is 0 Å². The van der Waals surface area contributed by atoms with Gasteiger partial charge in [0.15, 0.2) is 0 Å². The maximum absolute atomic E-state index is 9.29. The molecule has 3 N–H and O–H groups in total. The summed E-state index contributed by atoms with van der Waals surface area (Å²) in [5, 5.41) is 13.7. The molecule has 0 radical (unpaired) electrons. The van der Waals surface area contributed by atoms with E-state index in [0.717, 1.165) is 30.5 Å². The zero-order valence-corrected chi connectivity index (χ0v) is 9.50. The number of fused-ring (bicyclic) bond motifs is 1. The van der Waals surface area contributed by atoms with Crippen LogP contribution in [0.25, 0.3) is 5.69 Å². The molecule has 1 unspecified atom stereocenters. The van der Waals surface area contributed by atoms with Crippen LogP contribution in [0.2, 0.25) is 0 Å². The van der Waals surface area contributed by atoms with Crippen molar-refractivity contribution in [3.05, 3.63) is 41.7 Å². The number of hydrogen-bond donors (Lipinski definition) is 2. The molecule has 1 aromatic carbocycles. The Hall–Kier alpha value is -1.81. The average Bonchev–Trinajstić information content (AvgIpc) is 2.75. The molecule has 0 saturated heterocycles. The standard InChI is InChI=1S/C13H15N3O/c14-12-2-1-3-13-11(12)8-15-16(13)9-4-6-10(17)7-5-9/h4-8,12,17H,1-3,14H2. The molecule has 17 heavy (non-hydrogen) atoms. The number of aromatic nitrogens is 2. The Morgan fingerprint density at radius 1 is 1.29 bits per heavy atom. The third kappa shape index (κ3) is 1.70. The van der Waals surface area contributed by atoms with Gasteiger partial charge in [-0.15, -0.1) is 0 Å². The molecule has 2 aromatic rings. The highest BCUT2D eigenvalue weighted by molar-refractivity contribution is 5.40. The topological polar surface area (TPSA) is 64.1 Å². The molecule has 0 saturated carbocycles. The lowest BCUT2D eigenvalue weighted by Gasteiger charge is -2.19. The van der Waals surface area contributed by atoms with Gasteiger partial charge in [-0.3, -0.25) is 0 Å². The molecule has 3 rings (SSSR count). The number of nitrogens with zero attached hydrogens (tertiary/aromatic N) is 2. The summed E-state index contributed by atoms with van der Waals surface area (Å²) in [7, 11) is 0. The van der Waals surface area contributed by atoms with Crippen LogP contribution in [0, 0.1) is 0 Å². The average molecular weight is 229 g/mol. The van der Waals surface area contributed by atoms with Crippen LogP contribution in [0.3, 0.4) is 0 Å². The lowest BCUT2D eigenvalue weighted by atomic mass is 9.94. The van der Waals surface area contributed by atoms with Crippen LogP contribution in [-0.4, -0.2) is 14.9 Å². The fourth-order valence-electron chi connectivity index (χ4n) is 2.41. The Morgan fingerprint density at radius 2 is 2.06 bits per heavy atom. The zero-order valence-electron chi connectivity index (χ0n) is 9.50. The molecule has 0 bridgehead atoms. The van der Waals surface area contributed by atoms with Crippen LogP contribution in [0.5, 0.6) is 5.75 Å². The number of nitrogens with two attached hydrogens (primary N) is 1. The van der Waals surface area contributed by atoms with Gasteiger partial charge in [0.1, 0.15) is 5.75 Å². The SMILES string of the molecule is NC1CCCc2c1cnn2-c1ccc(O)cc1. The van der Waals surface area contributed by atoms with Gasteiger partial charge in [0.2, 0.25) is 0 Å². The largest absolute Gasteiger partial charge is 0.508 e. The molecule has 0 aliphatic heterocycles. The van der Waals surface area contributed by atoms with Crippen molar-refractivity contribution < 1.29 is 5.11 Å². The molecule has 1 aromatic heterocycles. The molecular weight excluding hydrogens is 214 g/mol. The van der Waals surface area contributed by atoms with Crippen molar-refractivity contribution in [3.63, 3.8) is 0 Å². The van der Waals surface area contributed by atoms with Gasteiger partial charge in [0.05, 0.1) is 11.9 Å². The van der Waals surface area contributed by atoms with Gasteiger partial charge in [-0.1, -0.05) is 0 Å². The van der Waals surface area contributed by atoms with Crippen molar-refractivity contribution in [2.24, 2.45) is 5.73 Å². The second-order valence-electron chi connectivity index (χ2n) is 4.47. The first-order valence-corrected chi connectivity index (χ1v) is 5.87. The molecular formula is C13H15N3O. The number of benzene rings is 1. The molecule has 88 valence electrons. The zero-order chi connectivity index (χ0) is 11.8. The second-order valence-corrected chi connectivity index (χ2v) is 4.47. The van der Waals surface area contributed by atoms with E-state index in [2.05, 4.69) is 5.10 Å². The van der Waals surface area contributed by atoms with Crippen LogP contribution in [0.15, 0.2) is 30.5 Å². The van der Waals surface area contributed by atoms with Crippen molar-refractivity contribution in [1.29, 1.82) is 0 Å². The maximum atomic E-state index is 9.29. The highest BCUT2D eigenvalue weighted by Gasteiger charge is 2.21. The van der Waals surface area contributed by atoms with Crippen molar-refractivity contribution in [3.8, 4) is 11.4 Å². The predicted octanol–water partition coefficient (Wildman–Crippen LogP) is 1.91. The van der Waals surface area contributed by atoms with E-state index in [1.807, 2.05) is 23.0 Å². The van der Waals surface area contributed by atoms with Crippen LogP contribution in [0.1, 0.15) is 30.1 Å². The quantitative estimate of drug-likeness (QED) is 0.785. The molecule has 4 nitrogen and oxygen atoms in total. The minimum Gasteiger partial charge on any atom is -0.508 e. The van der Waals surface area contributed by atoms with Gasteiger partial charge in [-0.05, 0) is 43.5 Å². The van der Waals surface area contributed by atoms with Gasteiger partial charge in [-0.25, -0.2) is 4.68 Å². The third-order valence-corrected chi connectivity index (χ3v) is 3.32. The first kappa shape index (κ1) is 10.4. The number of rotatable bonds is 1. The first-order chi connectivity index (χ1) is 8.25. The summed E-state index contributed by atoms with van der Waals surface area (Å²) in [5.41, 5.74) is 9.40. The highest BCUT2D eigenvalue weighted by Crippen LogP contribution is 2.29. The van der Waals surface area contributed by atoms with Gasteiger partial charge in [0.25, 0.3) is 0 Å². The first-order valence-electron chi connectivity index (χ1n) is 5.87. The van der Waals surface area contributed by atoms with E-state index < -0.39 is 0 Å². The molecule has 1 heterocycles. The molecule has 1 aliphatic carbocycles. The number of hydrogen-bond acceptors (Lipinski definition) is 3. The van der Waals surface area contributed by atoms with E-state index in [1.165, 1.54) is 5.69 Å². The van der Waals surface area contributed by atoms with E-state index in [9.17, 15) is 5.11 Å². The van der Waals surface area contributed by atoms with Crippen LogP contribution >= 0.6 is 0 Å². The van der Waals surface area contributed by atoms with Crippen LogP contribution < -0.4 is 5.73 Å². The fourth-order valence-corrected chi connectivity index (χ4v) is 2.41. The Bertz CT molecular complexity index is 530. The highest BCUT2D eigenvalue weighted by atomic mass is 16.3. The summed E-state index contributed by atoms with van der Waals surface area (Å²) in [4.78, 5) is 0. The Labute approximate surface area is 99.7 Å². The van der Waals surface area contributed by atoms with E-state index in [0.29, 0.717) is 0 Å². The lowest BCUT2D eigenvalue weighted by molar-refractivity contribution is 0.475. The van der Waals surface area contributed by atoms with Crippen molar-refractivity contribution in [1.82, 2.24) is 9.78 Å². The normalized spacial score (nSPS) is 19.0. The summed E-state index contributed by atoms with van der Waals surface area (Å²) >= 11 is 0. The number of aromatic hydroxyl groups is 1. The Morgan fingerprint density at radius 3 is 2.82 bits per heavy atom. The molecule has 0 amide bonds. The molecule has 0 fully saturated rings. The minimum atomic E-state index is 0.115. The van der Waals surface area contributed by atoms with Gasteiger partial charge in [0, 0.05) is 17.3 Å². The number of phenolic OH excluding ortho intramolecular Hbond substituents is 1. The Kier molecular flexibility index (Phi) is 2.37.